The molecule has 3 aliphatic rings. The Balaban J connectivity index is 1.31. The molecule has 326 valence electrons. The van der Waals surface area contributed by atoms with E-state index < -0.39 is 123 Å². The van der Waals surface area contributed by atoms with E-state index in [1.807, 2.05) is 0 Å². The van der Waals surface area contributed by atoms with Gasteiger partial charge in [0, 0.05) is 58.5 Å². The maximum absolute atomic E-state index is 12.5. The van der Waals surface area contributed by atoms with Crippen LogP contribution in [0, 0.1) is 0 Å². The average molecular weight is 867 g/mol. The van der Waals surface area contributed by atoms with Crippen molar-refractivity contribution in [3.05, 3.63) is 123 Å². The third-order valence-electron chi connectivity index (χ3n) is 11.8. The quantitative estimate of drug-likeness (QED) is 0.106. The molecule has 3 aliphatic heterocycles. The predicted octanol–water partition coefficient (Wildman–Crippen LogP) is 4.44. The molecule has 18 nitrogen and oxygen atoms in total. The highest BCUT2D eigenvalue weighted by Gasteiger charge is 2.51. The van der Waals surface area contributed by atoms with Crippen LogP contribution >= 0.6 is 0 Å². The van der Waals surface area contributed by atoms with Gasteiger partial charge < -0.3 is 90.8 Å². The Kier molecular flexibility index (Phi) is 9.46. The molecule has 0 unspecified atom stereocenters. The number of aliphatic hydroxyl groups is 3. The Labute approximate surface area is 354 Å². The van der Waals surface area contributed by atoms with Crippen LogP contribution < -0.4 is 14.2 Å². The molecule has 63 heavy (non-hydrogen) atoms. The van der Waals surface area contributed by atoms with Crippen molar-refractivity contribution in [3.8, 4) is 86.2 Å². The Morgan fingerprint density at radius 3 is 1.29 bits per heavy atom. The van der Waals surface area contributed by atoms with Crippen LogP contribution in [0.3, 0.4) is 0 Å². The summed E-state index contributed by atoms with van der Waals surface area (Å²) in [6.45, 7) is 0. The van der Waals surface area contributed by atoms with Gasteiger partial charge in [-0.05, 0) is 53.1 Å². The van der Waals surface area contributed by atoms with Gasteiger partial charge in [-0.3, -0.25) is 0 Å². The van der Waals surface area contributed by atoms with Gasteiger partial charge in [-0.25, -0.2) is 0 Å². The normalized spacial score (nSPS) is 23.6. The van der Waals surface area contributed by atoms with Crippen LogP contribution in [0.5, 0.6) is 86.2 Å². The zero-order chi connectivity index (χ0) is 44.9. The van der Waals surface area contributed by atoms with Gasteiger partial charge >= 0.3 is 0 Å². The molecule has 15 N–H and O–H groups in total. The first kappa shape index (κ1) is 40.6. The highest BCUT2D eigenvalue weighted by molar-refractivity contribution is 5.70. The second-order valence-electron chi connectivity index (χ2n) is 15.7. The lowest BCUT2D eigenvalue weighted by Crippen LogP contribution is -2.39. The van der Waals surface area contributed by atoms with Gasteiger partial charge in [0.1, 0.15) is 70.1 Å². The summed E-state index contributed by atoms with van der Waals surface area (Å²) in [7, 11) is 0. The Hall–Kier alpha value is -7.80. The second kappa shape index (κ2) is 14.7. The second-order valence-corrected chi connectivity index (χ2v) is 15.7. The fourth-order valence-corrected chi connectivity index (χ4v) is 8.94. The van der Waals surface area contributed by atoms with Crippen molar-refractivity contribution in [2.75, 3.05) is 0 Å². The first-order valence-corrected chi connectivity index (χ1v) is 19.3. The fraction of sp³-hybridized carbons (Fsp3) is 0.200. The summed E-state index contributed by atoms with van der Waals surface area (Å²) in [6.07, 6.45) is -9.93. The zero-order valence-electron chi connectivity index (χ0n) is 32.3. The molecule has 0 saturated carbocycles. The molecule has 18 heteroatoms. The summed E-state index contributed by atoms with van der Waals surface area (Å²) >= 11 is 0. The Morgan fingerprint density at radius 2 is 0.778 bits per heavy atom. The molecule has 0 fully saturated rings. The molecular weight excluding hydrogens is 828 g/mol. The molecule has 3 heterocycles. The van der Waals surface area contributed by atoms with Gasteiger partial charge in [0.2, 0.25) is 0 Å². The van der Waals surface area contributed by atoms with Gasteiger partial charge in [0.25, 0.3) is 0 Å². The summed E-state index contributed by atoms with van der Waals surface area (Å²) < 4.78 is 18.9. The number of rotatable bonds is 5. The molecular formula is C45H38O18. The van der Waals surface area contributed by atoms with E-state index >= 15 is 0 Å². The topological polar surface area (TPSA) is 331 Å². The van der Waals surface area contributed by atoms with Crippen LogP contribution in [0.2, 0.25) is 0 Å². The van der Waals surface area contributed by atoms with Crippen LogP contribution in [0.4, 0.5) is 0 Å². The maximum Gasteiger partial charge on any atom is 0.157 e. The van der Waals surface area contributed by atoms with Crippen molar-refractivity contribution >= 4 is 0 Å². The monoisotopic (exact) mass is 866 g/mol. The molecule has 0 amide bonds. The van der Waals surface area contributed by atoms with Crippen LogP contribution in [0.25, 0.3) is 0 Å². The highest BCUT2D eigenvalue weighted by atomic mass is 16.5. The van der Waals surface area contributed by atoms with Crippen molar-refractivity contribution in [2.24, 2.45) is 0 Å². The molecule has 0 radical (unpaired) electrons. The van der Waals surface area contributed by atoms with Gasteiger partial charge in [0.15, 0.2) is 46.7 Å². The summed E-state index contributed by atoms with van der Waals surface area (Å²) in [4.78, 5) is 0. The highest BCUT2D eigenvalue weighted by Crippen LogP contribution is 2.62. The molecule has 0 bridgehead atoms. The largest absolute Gasteiger partial charge is 0.508 e. The third-order valence-corrected chi connectivity index (χ3v) is 11.8. The lowest BCUT2D eigenvalue weighted by atomic mass is 9.73. The molecule has 0 spiro atoms. The van der Waals surface area contributed by atoms with E-state index in [0.29, 0.717) is 0 Å². The lowest BCUT2D eigenvalue weighted by Gasteiger charge is -2.43. The zero-order valence-corrected chi connectivity index (χ0v) is 32.3. The number of fused-ring (bicyclic) bond motifs is 3. The van der Waals surface area contributed by atoms with Gasteiger partial charge in [-0.2, -0.15) is 0 Å². The van der Waals surface area contributed by atoms with Gasteiger partial charge in [0.05, 0.1) is 17.9 Å². The van der Waals surface area contributed by atoms with E-state index in [2.05, 4.69) is 0 Å². The Morgan fingerprint density at radius 1 is 0.365 bits per heavy atom. The first-order valence-electron chi connectivity index (χ1n) is 19.3. The molecule has 0 aliphatic carbocycles. The van der Waals surface area contributed by atoms with E-state index in [1.54, 1.807) is 0 Å². The van der Waals surface area contributed by atoms with E-state index in [0.717, 1.165) is 60.7 Å². The van der Waals surface area contributed by atoms with E-state index in [4.69, 9.17) is 14.2 Å². The predicted molar refractivity (Wildman–Crippen MR) is 214 cm³/mol. The number of phenols is 12. The fourth-order valence-electron chi connectivity index (χ4n) is 8.94. The minimum Gasteiger partial charge on any atom is -0.508 e. The number of hydrogen-bond donors (Lipinski definition) is 15. The first-order chi connectivity index (χ1) is 29.9. The number of phenolic OH excluding ortho intramolecular Hbond substituents is 12. The summed E-state index contributed by atoms with van der Waals surface area (Å²) in [5.74, 6) is -11.5. The van der Waals surface area contributed by atoms with Crippen molar-refractivity contribution in [1.29, 1.82) is 0 Å². The number of hydrogen-bond acceptors (Lipinski definition) is 18. The third kappa shape index (κ3) is 6.46. The molecule has 0 aromatic heterocycles. The summed E-state index contributed by atoms with van der Waals surface area (Å²) in [5, 5.41) is 166. The van der Waals surface area contributed by atoms with E-state index in [1.165, 1.54) is 18.2 Å². The SMILES string of the molecule is Oc1cc(O)c2c(c1)O[C@H](c1ccc(O)c(O)c1)[C@H](O)[C@H]2c1c(O)cc(O)c2c1O[C@H](c1ccc(O)c(O)c1)[C@H](O)[C@@H]2c1c(O)cc(O)c2c1O[C@@H](c1ccc(O)c(O)c1)[C@H](O)C2. The smallest absolute Gasteiger partial charge is 0.157 e. The average Bonchev–Trinajstić information content (AvgIpc) is 3.22. The van der Waals surface area contributed by atoms with Crippen molar-refractivity contribution in [1.82, 2.24) is 0 Å². The van der Waals surface area contributed by atoms with Crippen LogP contribution in [0.15, 0.2) is 78.9 Å². The number of ether oxygens (including phenoxy) is 3. The van der Waals surface area contributed by atoms with Gasteiger partial charge in [-0.15, -0.1) is 0 Å². The molecule has 6 aromatic rings. The minimum absolute atomic E-state index is 0.0127. The van der Waals surface area contributed by atoms with Crippen LogP contribution in [-0.4, -0.2) is 94.9 Å². The van der Waals surface area contributed by atoms with Gasteiger partial charge in [-0.1, -0.05) is 18.2 Å². The maximum atomic E-state index is 12.5. The number of aromatic hydroxyl groups is 12. The summed E-state index contributed by atoms with van der Waals surface area (Å²) in [5.41, 5.74) is -1.10. The Bertz CT molecular complexity index is 2840. The van der Waals surface area contributed by atoms with Crippen molar-refractivity contribution < 1.29 is 90.8 Å². The van der Waals surface area contributed by atoms with Crippen LogP contribution in [-0.2, 0) is 6.42 Å². The minimum atomic E-state index is -1.90. The van der Waals surface area contributed by atoms with Crippen molar-refractivity contribution in [2.45, 2.75) is 54.9 Å². The van der Waals surface area contributed by atoms with E-state index in [9.17, 15) is 76.6 Å². The lowest BCUT2D eigenvalue weighted by molar-refractivity contribution is -0.00562. The standard InChI is InChI=1S/C45H38O18/c46-18-10-27(54)33-32(11-18)61-42(16-2-5-21(48)25(52)8-16)39(59)37(33)35-29(56)14-30(57)36-38(40(60)43(63-45(35)36)17-3-6-22(49)26(53)9-17)34-28(55)13-23(50)19-12-31(58)41(62-44(19)34)15-1-4-20(47)24(51)7-15/h1-11,13-14,31,37-43,46-60H,12H2/t31-,37-,38-,39-,40-,41+,42-,43-/m1/s1. The molecule has 8 atom stereocenters. The summed E-state index contributed by atoms with van der Waals surface area (Å²) in [6, 6.07) is 14.4. The van der Waals surface area contributed by atoms with Crippen LogP contribution in [0.1, 0.15) is 74.7 Å². The number of benzene rings is 6. The molecule has 0 saturated heterocycles. The van der Waals surface area contributed by atoms with E-state index in [-0.39, 0.29) is 62.4 Å². The van der Waals surface area contributed by atoms with Crippen molar-refractivity contribution in [3.63, 3.8) is 0 Å². The molecule has 6 aromatic carbocycles. The molecule has 9 rings (SSSR count). The number of aliphatic hydroxyl groups excluding tert-OH is 3.